The zero-order valence-corrected chi connectivity index (χ0v) is 13.8. The molecule has 23 heavy (non-hydrogen) atoms. The van der Waals surface area contributed by atoms with Crippen molar-refractivity contribution >= 4 is 5.95 Å². The second-order valence-electron chi connectivity index (χ2n) is 6.18. The fourth-order valence-corrected chi connectivity index (χ4v) is 3.01. The van der Waals surface area contributed by atoms with Crippen molar-refractivity contribution in [2.45, 2.75) is 33.4 Å². The van der Waals surface area contributed by atoms with Crippen LogP contribution in [0.25, 0.3) is 0 Å². The van der Waals surface area contributed by atoms with Crippen molar-refractivity contribution in [3.05, 3.63) is 47.3 Å². The lowest BCUT2D eigenvalue weighted by Gasteiger charge is -2.40. The number of anilines is 1. The topological polar surface area (TPSA) is 45.2 Å². The van der Waals surface area contributed by atoms with Crippen LogP contribution in [-0.4, -0.2) is 45.5 Å². The highest BCUT2D eigenvalue weighted by Gasteiger charge is 2.26. The molecule has 5 nitrogen and oxygen atoms in total. The summed E-state index contributed by atoms with van der Waals surface area (Å²) in [6.07, 6.45) is 2.92. The molecule has 1 fully saturated rings. The summed E-state index contributed by atoms with van der Waals surface area (Å²) in [5.41, 5.74) is 2.67. The maximum atomic E-state index is 13.8. The first-order valence-electron chi connectivity index (χ1n) is 7.92. The predicted molar refractivity (Wildman–Crippen MR) is 87.8 cm³/mol. The number of hydrogen-bond donors (Lipinski definition) is 0. The normalized spacial score (nSPS) is 19.1. The van der Waals surface area contributed by atoms with Gasteiger partial charge in [-0.25, -0.2) is 14.4 Å². The van der Waals surface area contributed by atoms with Gasteiger partial charge in [-0.05, 0) is 32.9 Å². The molecule has 0 spiro atoms. The van der Waals surface area contributed by atoms with Gasteiger partial charge in [0.15, 0.2) is 0 Å². The van der Waals surface area contributed by atoms with Crippen LogP contribution in [0.15, 0.2) is 24.5 Å². The van der Waals surface area contributed by atoms with Gasteiger partial charge in [-0.2, -0.15) is 0 Å². The Morgan fingerprint density at radius 2 is 1.96 bits per heavy atom. The molecule has 0 N–H and O–H groups in total. The van der Waals surface area contributed by atoms with E-state index in [1.165, 1.54) is 6.20 Å². The van der Waals surface area contributed by atoms with Crippen molar-refractivity contribution in [3.63, 3.8) is 0 Å². The Morgan fingerprint density at radius 1 is 1.22 bits per heavy atom. The van der Waals surface area contributed by atoms with E-state index in [0.717, 1.165) is 37.0 Å². The third-order valence-corrected chi connectivity index (χ3v) is 4.25. The molecule has 0 aromatic carbocycles. The van der Waals surface area contributed by atoms with Gasteiger partial charge in [0.2, 0.25) is 5.95 Å². The summed E-state index contributed by atoms with van der Waals surface area (Å²) >= 11 is 0. The molecule has 1 saturated heterocycles. The number of halogens is 1. The molecule has 2 aromatic heterocycles. The van der Waals surface area contributed by atoms with E-state index in [1.54, 1.807) is 12.3 Å². The zero-order valence-electron chi connectivity index (χ0n) is 13.8. The van der Waals surface area contributed by atoms with E-state index in [1.807, 2.05) is 19.9 Å². The van der Waals surface area contributed by atoms with Gasteiger partial charge in [0.1, 0.15) is 5.82 Å². The second kappa shape index (κ2) is 6.58. The van der Waals surface area contributed by atoms with Crippen molar-refractivity contribution in [1.82, 2.24) is 19.9 Å². The van der Waals surface area contributed by atoms with E-state index >= 15 is 0 Å². The van der Waals surface area contributed by atoms with E-state index in [2.05, 4.69) is 31.7 Å². The number of aromatic nitrogens is 3. The monoisotopic (exact) mass is 315 g/mol. The minimum absolute atomic E-state index is 0.236. The van der Waals surface area contributed by atoms with Crippen molar-refractivity contribution in [2.75, 3.05) is 24.5 Å². The standard InChI is InChI=1S/C17H22FN5/c1-12-8-13(2)21-17(20-12)23-7-6-22(14(3)10-23)11-15-4-5-19-9-16(15)18/h4-5,8-9,14H,6-7,10-11H2,1-3H3. The third-order valence-electron chi connectivity index (χ3n) is 4.25. The molecule has 0 saturated carbocycles. The zero-order chi connectivity index (χ0) is 16.4. The highest BCUT2D eigenvalue weighted by atomic mass is 19.1. The van der Waals surface area contributed by atoms with Crippen molar-refractivity contribution in [1.29, 1.82) is 0 Å². The Bertz CT molecular complexity index is 670. The van der Waals surface area contributed by atoms with Crippen LogP contribution < -0.4 is 4.90 Å². The van der Waals surface area contributed by atoms with Gasteiger partial charge in [0.05, 0.1) is 6.20 Å². The summed E-state index contributed by atoms with van der Waals surface area (Å²) < 4.78 is 13.8. The van der Waals surface area contributed by atoms with Crippen LogP contribution in [0.5, 0.6) is 0 Å². The Hall–Kier alpha value is -2.08. The van der Waals surface area contributed by atoms with Crippen LogP contribution in [0, 0.1) is 19.7 Å². The molecule has 0 amide bonds. The number of pyridine rings is 1. The minimum Gasteiger partial charge on any atom is -0.338 e. The van der Waals surface area contributed by atoms with E-state index in [9.17, 15) is 4.39 Å². The molecule has 3 heterocycles. The lowest BCUT2D eigenvalue weighted by atomic mass is 10.1. The molecule has 2 aromatic rings. The van der Waals surface area contributed by atoms with Gasteiger partial charge in [0, 0.05) is 55.4 Å². The molecule has 122 valence electrons. The Morgan fingerprint density at radius 3 is 2.61 bits per heavy atom. The lowest BCUT2D eigenvalue weighted by Crippen LogP contribution is -2.52. The fraction of sp³-hybridized carbons (Fsp3) is 0.471. The smallest absolute Gasteiger partial charge is 0.225 e. The van der Waals surface area contributed by atoms with Gasteiger partial charge in [0.25, 0.3) is 0 Å². The minimum atomic E-state index is -0.236. The van der Waals surface area contributed by atoms with Crippen molar-refractivity contribution < 1.29 is 4.39 Å². The average Bonchev–Trinajstić information content (AvgIpc) is 2.50. The highest BCUT2D eigenvalue weighted by Crippen LogP contribution is 2.19. The molecular weight excluding hydrogens is 293 g/mol. The van der Waals surface area contributed by atoms with Gasteiger partial charge >= 0.3 is 0 Å². The van der Waals surface area contributed by atoms with Crippen LogP contribution in [0.4, 0.5) is 10.3 Å². The summed E-state index contributed by atoms with van der Waals surface area (Å²) in [7, 11) is 0. The van der Waals surface area contributed by atoms with E-state index < -0.39 is 0 Å². The van der Waals surface area contributed by atoms with Gasteiger partial charge in [-0.1, -0.05) is 0 Å². The second-order valence-corrected chi connectivity index (χ2v) is 6.18. The third kappa shape index (κ3) is 3.64. The molecule has 0 bridgehead atoms. The van der Waals surface area contributed by atoms with Crippen LogP contribution >= 0.6 is 0 Å². The van der Waals surface area contributed by atoms with Crippen LogP contribution in [-0.2, 0) is 6.54 Å². The molecule has 3 rings (SSSR count). The number of aryl methyl sites for hydroxylation is 2. The molecule has 0 aliphatic carbocycles. The summed E-state index contributed by atoms with van der Waals surface area (Å²) in [5, 5.41) is 0. The number of hydrogen-bond acceptors (Lipinski definition) is 5. The van der Waals surface area contributed by atoms with E-state index in [-0.39, 0.29) is 5.82 Å². The average molecular weight is 315 g/mol. The quantitative estimate of drug-likeness (QED) is 0.870. The maximum absolute atomic E-state index is 13.8. The number of piperazine rings is 1. The summed E-state index contributed by atoms with van der Waals surface area (Å²) in [6.45, 7) is 9.30. The molecule has 0 radical (unpaired) electrons. The summed E-state index contributed by atoms with van der Waals surface area (Å²) in [6, 6.07) is 4.04. The molecule has 1 aliphatic heterocycles. The lowest BCUT2D eigenvalue weighted by molar-refractivity contribution is 0.178. The maximum Gasteiger partial charge on any atom is 0.225 e. The van der Waals surface area contributed by atoms with Crippen LogP contribution in [0.2, 0.25) is 0 Å². The molecular formula is C17H22FN5. The Kier molecular flexibility index (Phi) is 4.52. The molecule has 1 unspecified atom stereocenters. The molecule has 1 atom stereocenters. The first-order valence-corrected chi connectivity index (χ1v) is 7.92. The van der Waals surface area contributed by atoms with Crippen LogP contribution in [0.3, 0.4) is 0 Å². The predicted octanol–water partition coefficient (Wildman–Crippen LogP) is 2.34. The number of rotatable bonds is 3. The largest absolute Gasteiger partial charge is 0.338 e. The van der Waals surface area contributed by atoms with Gasteiger partial charge in [-0.15, -0.1) is 0 Å². The highest BCUT2D eigenvalue weighted by molar-refractivity contribution is 5.33. The van der Waals surface area contributed by atoms with E-state index in [4.69, 9.17) is 0 Å². The van der Waals surface area contributed by atoms with E-state index in [0.29, 0.717) is 18.2 Å². The summed E-state index contributed by atoms with van der Waals surface area (Å²) in [4.78, 5) is 17.4. The molecule has 1 aliphatic rings. The Labute approximate surface area is 136 Å². The summed E-state index contributed by atoms with van der Waals surface area (Å²) in [5.74, 6) is 0.559. The molecule has 6 heteroatoms. The van der Waals surface area contributed by atoms with Crippen LogP contribution in [0.1, 0.15) is 23.9 Å². The van der Waals surface area contributed by atoms with Crippen molar-refractivity contribution in [3.8, 4) is 0 Å². The first-order chi connectivity index (χ1) is 11.0. The Balaban J connectivity index is 1.69. The van der Waals surface area contributed by atoms with Gasteiger partial charge in [-0.3, -0.25) is 9.88 Å². The number of nitrogens with zero attached hydrogens (tertiary/aromatic N) is 5. The fourth-order valence-electron chi connectivity index (χ4n) is 3.01. The SMILES string of the molecule is Cc1cc(C)nc(N2CCN(Cc3ccncc3F)C(C)C2)n1. The first kappa shape index (κ1) is 15.8. The van der Waals surface area contributed by atoms with Gasteiger partial charge < -0.3 is 4.90 Å². The van der Waals surface area contributed by atoms with Crippen molar-refractivity contribution in [2.24, 2.45) is 0 Å².